The van der Waals surface area contributed by atoms with Gasteiger partial charge in [-0.05, 0) is 20.8 Å². The SMILES string of the molecule is COCCNCC(=O)N(C)CC(=O)NC(C)(C)C.Cl. The minimum absolute atomic E-state index is 0. The maximum absolute atomic E-state index is 11.6. The summed E-state index contributed by atoms with van der Waals surface area (Å²) < 4.78 is 4.85. The number of nitrogens with zero attached hydrogens (tertiary/aromatic N) is 1. The van der Waals surface area contributed by atoms with Crippen LogP contribution in [0.5, 0.6) is 0 Å². The van der Waals surface area contributed by atoms with E-state index in [4.69, 9.17) is 4.74 Å². The molecule has 6 nitrogen and oxygen atoms in total. The van der Waals surface area contributed by atoms with Crippen molar-refractivity contribution in [2.75, 3.05) is 40.4 Å². The van der Waals surface area contributed by atoms with E-state index in [-0.39, 0.29) is 42.8 Å². The Labute approximate surface area is 121 Å². The highest BCUT2D eigenvalue weighted by Crippen LogP contribution is 1.98. The number of nitrogens with one attached hydrogen (secondary N) is 2. The summed E-state index contributed by atoms with van der Waals surface area (Å²) in [5.41, 5.74) is -0.280. The van der Waals surface area contributed by atoms with E-state index in [1.165, 1.54) is 4.90 Å². The van der Waals surface area contributed by atoms with Gasteiger partial charge in [0.1, 0.15) is 0 Å². The Hall–Kier alpha value is -0.850. The highest BCUT2D eigenvalue weighted by molar-refractivity contribution is 5.86. The first-order valence-electron chi connectivity index (χ1n) is 6.01. The quantitative estimate of drug-likeness (QED) is 0.650. The zero-order chi connectivity index (χ0) is 14.2. The molecule has 0 aromatic heterocycles. The molecule has 2 N–H and O–H groups in total. The zero-order valence-corrected chi connectivity index (χ0v) is 13.2. The first kappa shape index (κ1) is 20.5. The number of hydrogen-bond donors (Lipinski definition) is 2. The van der Waals surface area contributed by atoms with Crippen LogP contribution in [0.4, 0.5) is 0 Å². The van der Waals surface area contributed by atoms with Gasteiger partial charge >= 0.3 is 0 Å². The number of halogens is 1. The largest absolute Gasteiger partial charge is 0.383 e. The van der Waals surface area contributed by atoms with Gasteiger partial charge in [-0.25, -0.2) is 0 Å². The van der Waals surface area contributed by atoms with Crippen molar-refractivity contribution in [1.82, 2.24) is 15.5 Å². The van der Waals surface area contributed by atoms with E-state index in [0.29, 0.717) is 13.2 Å². The Bertz CT molecular complexity index is 280. The Morgan fingerprint density at radius 1 is 1.26 bits per heavy atom. The van der Waals surface area contributed by atoms with Crippen molar-refractivity contribution in [2.45, 2.75) is 26.3 Å². The van der Waals surface area contributed by atoms with Crippen LogP contribution in [-0.4, -0.2) is 62.7 Å². The molecule has 0 unspecified atom stereocenters. The van der Waals surface area contributed by atoms with Gasteiger partial charge in [-0.2, -0.15) is 0 Å². The minimum Gasteiger partial charge on any atom is -0.383 e. The number of carbonyl (C=O) groups is 2. The molecular formula is C12H26ClN3O3. The van der Waals surface area contributed by atoms with E-state index in [0.717, 1.165) is 0 Å². The van der Waals surface area contributed by atoms with Crippen LogP contribution in [0.2, 0.25) is 0 Å². The molecule has 0 rings (SSSR count). The van der Waals surface area contributed by atoms with Gasteiger partial charge in [0.25, 0.3) is 0 Å². The van der Waals surface area contributed by atoms with Gasteiger partial charge < -0.3 is 20.3 Å². The van der Waals surface area contributed by atoms with Crippen LogP contribution in [0.1, 0.15) is 20.8 Å². The average molecular weight is 296 g/mol. The minimum atomic E-state index is -0.280. The number of methoxy groups -OCH3 is 1. The molecule has 0 atom stereocenters. The van der Waals surface area contributed by atoms with Crippen LogP contribution in [-0.2, 0) is 14.3 Å². The molecule has 114 valence electrons. The van der Waals surface area contributed by atoms with E-state index in [2.05, 4.69) is 10.6 Å². The van der Waals surface area contributed by atoms with Gasteiger partial charge in [0.15, 0.2) is 0 Å². The molecule has 0 saturated heterocycles. The fourth-order valence-electron chi connectivity index (χ4n) is 1.27. The fourth-order valence-corrected chi connectivity index (χ4v) is 1.27. The maximum Gasteiger partial charge on any atom is 0.240 e. The summed E-state index contributed by atoms with van der Waals surface area (Å²) >= 11 is 0. The van der Waals surface area contributed by atoms with E-state index >= 15 is 0 Å². The Morgan fingerprint density at radius 3 is 2.32 bits per heavy atom. The Morgan fingerprint density at radius 2 is 1.84 bits per heavy atom. The Balaban J connectivity index is 0. The van der Waals surface area contributed by atoms with Crippen molar-refractivity contribution < 1.29 is 14.3 Å². The second kappa shape index (κ2) is 10.00. The highest BCUT2D eigenvalue weighted by atomic mass is 35.5. The predicted octanol–water partition coefficient (Wildman–Crippen LogP) is 0.0173. The first-order valence-corrected chi connectivity index (χ1v) is 6.01. The van der Waals surface area contributed by atoms with E-state index < -0.39 is 0 Å². The predicted molar refractivity (Wildman–Crippen MR) is 77.5 cm³/mol. The molecule has 19 heavy (non-hydrogen) atoms. The molecule has 0 radical (unpaired) electrons. The van der Waals surface area contributed by atoms with Crippen molar-refractivity contribution in [3.63, 3.8) is 0 Å². The van der Waals surface area contributed by atoms with E-state index in [9.17, 15) is 9.59 Å². The van der Waals surface area contributed by atoms with Crippen LogP contribution >= 0.6 is 12.4 Å². The van der Waals surface area contributed by atoms with Gasteiger partial charge in [-0.3, -0.25) is 9.59 Å². The van der Waals surface area contributed by atoms with Crippen LogP contribution < -0.4 is 10.6 Å². The standard InChI is InChI=1S/C12H25N3O3.ClH/c1-12(2,3)14-10(16)9-15(4)11(17)8-13-6-7-18-5;/h13H,6-9H2,1-5H3,(H,14,16);1H. The van der Waals surface area contributed by atoms with Gasteiger partial charge in [-0.1, -0.05) is 0 Å². The third kappa shape index (κ3) is 11.9. The van der Waals surface area contributed by atoms with Gasteiger partial charge in [-0.15, -0.1) is 12.4 Å². The number of rotatable bonds is 7. The lowest BCUT2D eigenvalue weighted by Gasteiger charge is -2.23. The van der Waals surface area contributed by atoms with Crippen molar-refractivity contribution >= 4 is 24.2 Å². The number of ether oxygens (including phenoxy) is 1. The molecule has 0 aliphatic rings. The number of likely N-dealkylation sites (N-methyl/N-ethyl adjacent to an activating group) is 1. The summed E-state index contributed by atoms with van der Waals surface area (Å²) in [6.07, 6.45) is 0. The normalized spacial score (nSPS) is 10.6. The molecule has 0 bridgehead atoms. The molecule has 2 amide bonds. The monoisotopic (exact) mass is 295 g/mol. The number of carbonyl (C=O) groups excluding carboxylic acids is 2. The highest BCUT2D eigenvalue weighted by Gasteiger charge is 2.17. The second-order valence-electron chi connectivity index (χ2n) is 5.22. The van der Waals surface area contributed by atoms with Crippen LogP contribution in [0.15, 0.2) is 0 Å². The van der Waals surface area contributed by atoms with Crippen molar-refractivity contribution in [1.29, 1.82) is 0 Å². The lowest BCUT2D eigenvalue weighted by molar-refractivity contribution is -0.134. The maximum atomic E-state index is 11.6. The van der Waals surface area contributed by atoms with E-state index in [1.807, 2.05) is 20.8 Å². The molecule has 0 saturated carbocycles. The van der Waals surface area contributed by atoms with Crippen LogP contribution in [0.25, 0.3) is 0 Å². The molecule has 0 heterocycles. The van der Waals surface area contributed by atoms with Crippen molar-refractivity contribution in [3.05, 3.63) is 0 Å². The van der Waals surface area contributed by atoms with Gasteiger partial charge in [0.05, 0.1) is 19.7 Å². The third-order valence-corrected chi connectivity index (χ3v) is 2.08. The molecule has 0 spiro atoms. The fraction of sp³-hybridized carbons (Fsp3) is 0.833. The molecule has 0 aromatic carbocycles. The summed E-state index contributed by atoms with van der Waals surface area (Å²) in [5, 5.41) is 5.75. The zero-order valence-electron chi connectivity index (χ0n) is 12.4. The Kier molecular flexibility index (Phi) is 10.8. The topological polar surface area (TPSA) is 70.7 Å². The van der Waals surface area contributed by atoms with Gasteiger partial charge in [0, 0.05) is 26.2 Å². The summed E-state index contributed by atoms with van der Waals surface area (Å²) in [7, 11) is 3.22. The summed E-state index contributed by atoms with van der Waals surface area (Å²) in [6.45, 7) is 7.16. The van der Waals surface area contributed by atoms with Crippen LogP contribution in [0, 0.1) is 0 Å². The summed E-state index contributed by atoms with van der Waals surface area (Å²) in [6, 6.07) is 0. The smallest absolute Gasteiger partial charge is 0.240 e. The molecule has 0 aliphatic heterocycles. The molecule has 0 aromatic rings. The third-order valence-electron chi connectivity index (χ3n) is 2.08. The number of hydrogen-bond acceptors (Lipinski definition) is 4. The summed E-state index contributed by atoms with van der Waals surface area (Å²) in [4.78, 5) is 24.7. The molecule has 0 fully saturated rings. The summed E-state index contributed by atoms with van der Waals surface area (Å²) in [5.74, 6) is -0.273. The lowest BCUT2D eigenvalue weighted by Crippen LogP contribution is -2.47. The molecule has 7 heteroatoms. The van der Waals surface area contributed by atoms with E-state index in [1.54, 1.807) is 14.2 Å². The second-order valence-corrected chi connectivity index (χ2v) is 5.22. The lowest BCUT2D eigenvalue weighted by atomic mass is 10.1. The van der Waals surface area contributed by atoms with Crippen molar-refractivity contribution in [2.24, 2.45) is 0 Å². The molecular weight excluding hydrogens is 270 g/mol. The number of amides is 2. The average Bonchev–Trinajstić information content (AvgIpc) is 2.21. The first-order chi connectivity index (χ1) is 8.26. The van der Waals surface area contributed by atoms with Gasteiger partial charge in [0.2, 0.25) is 11.8 Å². The molecule has 0 aliphatic carbocycles. The van der Waals surface area contributed by atoms with Crippen LogP contribution in [0.3, 0.4) is 0 Å². The van der Waals surface area contributed by atoms with Crippen molar-refractivity contribution in [3.8, 4) is 0 Å².